The topological polar surface area (TPSA) is 101 Å². The molecule has 0 aliphatic rings. The Balaban J connectivity index is 2.24. The second-order valence-corrected chi connectivity index (χ2v) is 3.97. The molecule has 88 valence electrons. The summed E-state index contributed by atoms with van der Waals surface area (Å²) in [6.45, 7) is 0. The Kier molecular flexibility index (Phi) is 3.16. The molecule has 0 saturated heterocycles. The number of hydrogen-bond donors (Lipinski definition) is 3. The molecule has 0 radical (unpaired) electrons. The van der Waals surface area contributed by atoms with Crippen LogP contribution in [0.5, 0.6) is 0 Å². The van der Waals surface area contributed by atoms with Crippen LogP contribution in [0.2, 0.25) is 10.0 Å². The van der Waals surface area contributed by atoms with Crippen molar-refractivity contribution in [1.82, 2.24) is 10.3 Å². The molecule has 8 heteroatoms. The fourth-order valence-electron chi connectivity index (χ4n) is 1.16. The first-order valence-corrected chi connectivity index (χ1v) is 5.22. The normalized spacial score (nSPS) is 10.2. The number of amidine groups is 1. The quantitative estimate of drug-likeness (QED) is 0.575. The van der Waals surface area contributed by atoms with Crippen molar-refractivity contribution in [2.24, 2.45) is 0 Å². The molecule has 4 N–H and O–H groups in total. The molecule has 17 heavy (non-hydrogen) atoms. The van der Waals surface area contributed by atoms with Crippen LogP contribution < -0.4 is 11.1 Å². The summed E-state index contributed by atoms with van der Waals surface area (Å²) in [4.78, 5) is 0. The highest BCUT2D eigenvalue weighted by Gasteiger charge is 2.13. The van der Waals surface area contributed by atoms with E-state index in [1.54, 1.807) is 18.2 Å². The highest BCUT2D eigenvalue weighted by molar-refractivity contribution is 6.36. The maximum atomic E-state index is 7.74. The number of halogens is 2. The SMILES string of the molecule is N=C(Nc1cc(Cl)ccc1Cl)c1nonc1N. The lowest BCUT2D eigenvalue weighted by Gasteiger charge is -2.07. The number of hydrogen-bond acceptors (Lipinski definition) is 5. The summed E-state index contributed by atoms with van der Waals surface area (Å²) in [5, 5.41) is 18.2. The molecule has 1 aromatic carbocycles. The van der Waals surface area contributed by atoms with Crippen LogP contribution in [0.3, 0.4) is 0 Å². The van der Waals surface area contributed by atoms with E-state index in [4.69, 9.17) is 34.3 Å². The van der Waals surface area contributed by atoms with E-state index in [1.807, 2.05) is 0 Å². The molecule has 0 spiro atoms. The van der Waals surface area contributed by atoms with Gasteiger partial charge in [0, 0.05) is 5.02 Å². The summed E-state index contributed by atoms with van der Waals surface area (Å²) in [6, 6.07) is 4.84. The first kappa shape index (κ1) is 11.7. The molecule has 6 nitrogen and oxygen atoms in total. The van der Waals surface area contributed by atoms with Gasteiger partial charge in [0.25, 0.3) is 0 Å². The fraction of sp³-hybridized carbons (Fsp3) is 0. The van der Waals surface area contributed by atoms with Crippen molar-refractivity contribution in [2.45, 2.75) is 0 Å². The summed E-state index contributed by atoms with van der Waals surface area (Å²) in [7, 11) is 0. The number of nitrogens with zero attached hydrogens (tertiary/aromatic N) is 2. The zero-order chi connectivity index (χ0) is 12.4. The Morgan fingerprint density at radius 1 is 1.35 bits per heavy atom. The number of aromatic nitrogens is 2. The van der Waals surface area contributed by atoms with Gasteiger partial charge >= 0.3 is 0 Å². The number of benzene rings is 1. The van der Waals surface area contributed by atoms with Gasteiger partial charge in [-0.1, -0.05) is 23.2 Å². The van der Waals surface area contributed by atoms with Gasteiger partial charge in [-0.2, -0.15) is 0 Å². The minimum atomic E-state index is -0.0760. The predicted molar refractivity (Wildman–Crippen MR) is 65.6 cm³/mol. The molecule has 0 amide bonds. The van der Waals surface area contributed by atoms with E-state index >= 15 is 0 Å². The monoisotopic (exact) mass is 271 g/mol. The van der Waals surface area contributed by atoms with E-state index in [2.05, 4.69) is 20.3 Å². The smallest absolute Gasteiger partial charge is 0.199 e. The molecule has 0 atom stereocenters. The Bertz CT molecular complexity index is 568. The van der Waals surface area contributed by atoms with Crippen molar-refractivity contribution in [3.8, 4) is 0 Å². The molecular weight excluding hydrogens is 265 g/mol. The van der Waals surface area contributed by atoms with Crippen LogP contribution in [0.1, 0.15) is 5.69 Å². The van der Waals surface area contributed by atoms with Crippen LogP contribution in [-0.2, 0) is 0 Å². The standard InChI is InChI=1S/C9H7Cl2N5O/c10-4-1-2-5(11)6(3-4)14-8(12)7-9(13)16-17-15-7/h1-3H,(H2,12,14)(H2,13,16). The van der Waals surface area contributed by atoms with Crippen LogP contribution in [0.25, 0.3) is 0 Å². The first-order valence-electron chi connectivity index (χ1n) is 4.47. The van der Waals surface area contributed by atoms with Crippen LogP contribution in [0.15, 0.2) is 22.8 Å². The molecule has 0 aliphatic carbocycles. The summed E-state index contributed by atoms with van der Waals surface area (Å²) >= 11 is 11.7. The van der Waals surface area contributed by atoms with Gasteiger partial charge in [0.15, 0.2) is 17.3 Å². The van der Waals surface area contributed by atoms with E-state index in [0.717, 1.165) is 0 Å². The van der Waals surface area contributed by atoms with Gasteiger partial charge in [0.1, 0.15) is 0 Å². The second kappa shape index (κ2) is 4.60. The Morgan fingerprint density at radius 2 is 2.12 bits per heavy atom. The largest absolute Gasteiger partial charge is 0.379 e. The molecule has 1 aromatic heterocycles. The number of rotatable bonds is 2. The summed E-state index contributed by atoms with van der Waals surface area (Å²) in [6.07, 6.45) is 0. The van der Waals surface area contributed by atoms with E-state index in [0.29, 0.717) is 15.7 Å². The van der Waals surface area contributed by atoms with Gasteiger partial charge in [-0.05, 0) is 28.5 Å². The lowest BCUT2D eigenvalue weighted by molar-refractivity contribution is 0.308. The third-order valence-corrected chi connectivity index (χ3v) is 2.50. The van der Waals surface area contributed by atoms with Gasteiger partial charge < -0.3 is 11.1 Å². The van der Waals surface area contributed by atoms with Gasteiger partial charge in [0.05, 0.1) is 10.7 Å². The zero-order valence-corrected chi connectivity index (χ0v) is 9.88. The van der Waals surface area contributed by atoms with Crippen molar-refractivity contribution < 1.29 is 4.63 Å². The molecule has 0 saturated carbocycles. The minimum Gasteiger partial charge on any atom is -0.379 e. The minimum absolute atomic E-state index is 0.0284. The highest BCUT2D eigenvalue weighted by Crippen LogP contribution is 2.25. The van der Waals surface area contributed by atoms with Gasteiger partial charge in [0.2, 0.25) is 0 Å². The fourth-order valence-corrected chi connectivity index (χ4v) is 1.49. The molecule has 1 heterocycles. The Hall–Kier alpha value is -1.79. The maximum absolute atomic E-state index is 7.74. The van der Waals surface area contributed by atoms with Gasteiger partial charge in [-0.25, -0.2) is 4.63 Å². The molecular formula is C9H7Cl2N5O. The van der Waals surface area contributed by atoms with E-state index < -0.39 is 0 Å². The zero-order valence-electron chi connectivity index (χ0n) is 8.37. The summed E-state index contributed by atoms with van der Waals surface area (Å²) in [5.74, 6) is -0.0476. The Morgan fingerprint density at radius 3 is 2.76 bits per heavy atom. The van der Waals surface area contributed by atoms with E-state index in [-0.39, 0.29) is 17.3 Å². The molecule has 0 bridgehead atoms. The number of nitrogen functional groups attached to an aromatic ring is 1. The van der Waals surface area contributed by atoms with Crippen molar-refractivity contribution in [2.75, 3.05) is 11.1 Å². The summed E-state index contributed by atoms with van der Waals surface area (Å²) < 4.78 is 4.39. The second-order valence-electron chi connectivity index (χ2n) is 3.12. The lowest BCUT2D eigenvalue weighted by Crippen LogP contribution is -2.14. The number of nitrogens with one attached hydrogen (secondary N) is 2. The highest BCUT2D eigenvalue weighted by atomic mass is 35.5. The van der Waals surface area contributed by atoms with Crippen LogP contribution in [-0.4, -0.2) is 16.1 Å². The average Bonchev–Trinajstić information content (AvgIpc) is 2.70. The Labute approximate surface area is 106 Å². The predicted octanol–water partition coefficient (Wildman–Crippen LogP) is 2.40. The first-order chi connectivity index (χ1) is 8.08. The lowest BCUT2D eigenvalue weighted by atomic mass is 10.3. The van der Waals surface area contributed by atoms with Crippen molar-refractivity contribution in [3.05, 3.63) is 33.9 Å². The molecule has 2 aromatic rings. The van der Waals surface area contributed by atoms with E-state index in [9.17, 15) is 0 Å². The van der Waals surface area contributed by atoms with Crippen LogP contribution in [0.4, 0.5) is 11.5 Å². The van der Waals surface area contributed by atoms with Gasteiger partial charge in [-0.3, -0.25) is 5.41 Å². The van der Waals surface area contributed by atoms with Crippen LogP contribution >= 0.6 is 23.2 Å². The van der Waals surface area contributed by atoms with Crippen LogP contribution in [0, 0.1) is 5.41 Å². The third kappa shape index (κ3) is 2.48. The number of anilines is 2. The van der Waals surface area contributed by atoms with Crippen molar-refractivity contribution in [3.63, 3.8) is 0 Å². The molecule has 2 rings (SSSR count). The molecule has 0 unspecified atom stereocenters. The third-order valence-electron chi connectivity index (χ3n) is 1.94. The van der Waals surface area contributed by atoms with Crippen molar-refractivity contribution in [1.29, 1.82) is 5.41 Å². The average molecular weight is 272 g/mol. The maximum Gasteiger partial charge on any atom is 0.199 e. The number of nitrogens with two attached hydrogens (primary N) is 1. The molecule has 0 aliphatic heterocycles. The molecule has 0 fully saturated rings. The summed E-state index contributed by atoms with van der Waals surface area (Å²) in [5.41, 5.74) is 6.05. The van der Waals surface area contributed by atoms with E-state index in [1.165, 1.54) is 0 Å². The van der Waals surface area contributed by atoms with Gasteiger partial charge in [-0.15, -0.1) is 0 Å². The van der Waals surface area contributed by atoms with Crippen molar-refractivity contribution >= 4 is 40.5 Å².